The second-order valence-corrected chi connectivity index (χ2v) is 3.96. The number of hydrogen-bond acceptors (Lipinski definition) is 3. The molecule has 1 aromatic rings. The van der Waals surface area contributed by atoms with E-state index in [2.05, 4.69) is 5.32 Å². The fourth-order valence-electron chi connectivity index (χ4n) is 1.89. The van der Waals surface area contributed by atoms with Crippen LogP contribution < -0.4 is 5.32 Å². The minimum atomic E-state index is 0.143. The van der Waals surface area contributed by atoms with Gasteiger partial charge in [-0.1, -0.05) is 0 Å². The molecule has 2 rings (SSSR count). The van der Waals surface area contributed by atoms with Crippen LogP contribution >= 0.6 is 0 Å². The number of rotatable bonds is 3. The van der Waals surface area contributed by atoms with Gasteiger partial charge in [0.1, 0.15) is 5.76 Å². The first-order valence-electron chi connectivity index (χ1n) is 5.25. The van der Waals surface area contributed by atoms with Gasteiger partial charge < -0.3 is 14.6 Å². The van der Waals surface area contributed by atoms with Gasteiger partial charge in [0.05, 0.1) is 18.7 Å². The van der Waals surface area contributed by atoms with E-state index in [0.29, 0.717) is 6.54 Å². The van der Waals surface area contributed by atoms with E-state index >= 15 is 0 Å². The van der Waals surface area contributed by atoms with Crippen LogP contribution in [0.1, 0.15) is 12.2 Å². The van der Waals surface area contributed by atoms with Crippen LogP contribution in [-0.4, -0.2) is 30.9 Å². The monoisotopic (exact) mass is 208 g/mol. The number of amides is 1. The zero-order valence-corrected chi connectivity index (χ0v) is 8.90. The number of furan rings is 1. The summed E-state index contributed by atoms with van der Waals surface area (Å²) < 4.78 is 5.21. The summed E-state index contributed by atoms with van der Waals surface area (Å²) >= 11 is 0. The lowest BCUT2D eigenvalue weighted by Crippen LogP contribution is -2.33. The SMILES string of the molecule is CN(Cc1ccco1)C(=O)C1CCNC1. The minimum Gasteiger partial charge on any atom is -0.467 e. The summed E-state index contributed by atoms with van der Waals surface area (Å²) in [6.45, 7) is 2.31. The van der Waals surface area contributed by atoms with E-state index in [4.69, 9.17) is 4.42 Å². The Labute approximate surface area is 89.2 Å². The molecule has 1 N–H and O–H groups in total. The smallest absolute Gasteiger partial charge is 0.227 e. The van der Waals surface area contributed by atoms with E-state index in [9.17, 15) is 4.79 Å². The first-order chi connectivity index (χ1) is 7.27. The van der Waals surface area contributed by atoms with E-state index in [0.717, 1.165) is 25.3 Å². The van der Waals surface area contributed by atoms with Crippen molar-refractivity contribution in [2.45, 2.75) is 13.0 Å². The Morgan fingerprint density at radius 2 is 2.60 bits per heavy atom. The van der Waals surface area contributed by atoms with Crippen LogP contribution in [0.5, 0.6) is 0 Å². The predicted octanol–water partition coefficient (Wildman–Crippen LogP) is 0.847. The highest BCUT2D eigenvalue weighted by molar-refractivity contribution is 5.79. The molecule has 4 heteroatoms. The molecule has 0 bridgehead atoms. The second-order valence-electron chi connectivity index (χ2n) is 3.96. The Kier molecular flexibility index (Phi) is 3.06. The maximum absolute atomic E-state index is 11.9. The summed E-state index contributed by atoms with van der Waals surface area (Å²) in [5.41, 5.74) is 0. The Balaban J connectivity index is 1.89. The second kappa shape index (κ2) is 4.49. The Morgan fingerprint density at radius 1 is 1.73 bits per heavy atom. The summed E-state index contributed by atoms with van der Waals surface area (Å²) in [5, 5.41) is 3.20. The topological polar surface area (TPSA) is 45.5 Å². The average molecular weight is 208 g/mol. The van der Waals surface area contributed by atoms with E-state index in [-0.39, 0.29) is 11.8 Å². The molecule has 1 fully saturated rings. The van der Waals surface area contributed by atoms with Crippen molar-refractivity contribution in [2.75, 3.05) is 20.1 Å². The van der Waals surface area contributed by atoms with Gasteiger partial charge in [0.25, 0.3) is 0 Å². The molecule has 1 atom stereocenters. The molecule has 1 unspecified atom stereocenters. The largest absolute Gasteiger partial charge is 0.467 e. The standard InChI is InChI=1S/C11H16N2O2/c1-13(8-10-3-2-6-15-10)11(14)9-4-5-12-7-9/h2-3,6,9,12H,4-5,7-8H2,1H3. The molecule has 0 radical (unpaired) electrons. The van der Waals surface area contributed by atoms with Crippen LogP contribution in [0, 0.1) is 5.92 Å². The van der Waals surface area contributed by atoms with Crippen LogP contribution in [-0.2, 0) is 11.3 Å². The number of nitrogens with one attached hydrogen (secondary N) is 1. The molecule has 1 amide bonds. The van der Waals surface area contributed by atoms with Crippen molar-refractivity contribution in [1.29, 1.82) is 0 Å². The average Bonchev–Trinajstić information content (AvgIpc) is 2.88. The Bertz CT molecular complexity index is 315. The van der Waals surface area contributed by atoms with Crippen molar-refractivity contribution >= 4 is 5.91 Å². The molecule has 4 nitrogen and oxygen atoms in total. The van der Waals surface area contributed by atoms with Gasteiger partial charge in [0, 0.05) is 13.6 Å². The highest BCUT2D eigenvalue weighted by Gasteiger charge is 2.25. The minimum absolute atomic E-state index is 0.143. The molecule has 0 saturated carbocycles. The van der Waals surface area contributed by atoms with Crippen LogP contribution in [0.15, 0.2) is 22.8 Å². The van der Waals surface area contributed by atoms with Crippen molar-refractivity contribution in [2.24, 2.45) is 5.92 Å². The normalized spacial score (nSPS) is 20.5. The van der Waals surface area contributed by atoms with Crippen molar-refractivity contribution < 1.29 is 9.21 Å². The first kappa shape index (κ1) is 10.2. The first-order valence-corrected chi connectivity index (χ1v) is 5.25. The molecule has 0 spiro atoms. The number of nitrogens with zero attached hydrogens (tertiary/aromatic N) is 1. The van der Waals surface area contributed by atoms with E-state index in [1.165, 1.54) is 0 Å². The molecule has 1 aliphatic rings. The molecule has 1 aromatic heterocycles. The zero-order valence-electron chi connectivity index (χ0n) is 8.90. The number of carbonyl (C=O) groups is 1. The molecule has 15 heavy (non-hydrogen) atoms. The van der Waals surface area contributed by atoms with Crippen LogP contribution in [0.25, 0.3) is 0 Å². The molecule has 0 aliphatic carbocycles. The van der Waals surface area contributed by atoms with Crippen LogP contribution in [0.4, 0.5) is 0 Å². The predicted molar refractivity (Wildman–Crippen MR) is 56.2 cm³/mol. The van der Waals surface area contributed by atoms with Gasteiger partial charge in [0.15, 0.2) is 0 Å². The maximum atomic E-state index is 11.9. The third-order valence-electron chi connectivity index (χ3n) is 2.76. The highest BCUT2D eigenvalue weighted by atomic mass is 16.3. The van der Waals surface area contributed by atoms with E-state index < -0.39 is 0 Å². The lowest BCUT2D eigenvalue weighted by molar-refractivity contribution is -0.134. The van der Waals surface area contributed by atoms with Crippen LogP contribution in [0.3, 0.4) is 0 Å². The lowest BCUT2D eigenvalue weighted by Gasteiger charge is -2.19. The van der Waals surface area contributed by atoms with Gasteiger partial charge in [-0.25, -0.2) is 0 Å². The summed E-state index contributed by atoms with van der Waals surface area (Å²) in [6.07, 6.45) is 2.58. The van der Waals surface area contributed by atoms with Crippen molar-refractivity contribution in [3.8, 4) is 0 Å². The third-order valence-corrected chi connectivity index (χ3v) is 2.76. The van der Waals surface area contributed by atoms with Crippen molar-refractivity contribution in [1.82, 2.24) is 10.2 Å². The maximum Gasteiger partial charge on any atom is 0.227 e. The molecule has 1 aliphatic heterocycles. The fraction of sp³-hybridized carbons (Fsp3) is 0.545. The third kappa shape index (κ3) is 2.39. The van der Waals surface area contributed by atoms with Crippen molar-refractivity contribution in [3.63, 3.8) is 0 Å². The number of hydrogen-bond donors (Lipinski definition) is 1. The Morgan fingerprint density at radius 3 is 3.20 bits per heavy atom. The molecule has 2 heterocycles. The Hall–Kier alpha value is -1.29. The zero-order chi connectivity index (χ0) is 10.7. The van der Waals surface area contributed by atoms with E-state index in [1.54, 1.807) is 11.2 Å². The van der Waals surface area contributed by atoms with Gasteiger partial charge >= 0.3 is 0 Å². The van der Waals surface area contributed by atoms with Gasteiger partial charge in [-0.2, -0.15) is 0 Å². The number of carbonyl (C=O) groups excluding carboxylic acids is 1. The molecule has 82 valence electrons. The van der Waals surface area contributed by atoms with Gasteiger partial charge in [-0.15, -0.1) is 0 Å². The molecular weight excluding hydrogens is 192 g/mol. The van der Waals surface area contributed by atoms with Gasteiger partial charge in [-0.05, 0) is 25.1 Å². The van der Waals surface area contributed by atoms with Gasteiger partial charge in [-0.3, -0.25) is 4.79 Å². The summed E-state index contributed by atoms with van der Waals surface area (Å²) in [4.78, 5) is 13.6. The van der Waals surface area contributed by atoms with E-state index in [1.807, 2.05) is 19.2 Å². The molecule has 1 saturated heterocycles. The summed E-state index contributed by atoms with van der Waals surface area (Å²) in [7, 11) is 1.82. The van der Waals surface area contributed by atoms with Crippen molar-refractivity contribution in [3.05, 3.63) is 24.2 Å². The summed E-state index contributed by atoms with van der Waals surface area (Å²) in [5.74, 6) is 1.18. The van der Waals surface area contributed by atoms with Gasteiger partial charge in [0.2, 0.25) is 5.91 Å². The molecular formula is C11H16N2O2. The summed E-state index contributed by atoms with van der Waals surface area (Å²) in [6, 6.07) is 3.72. The quantitative estimate of drug-likeness (QED) is 0.801. The highest BCUT2D eigenvalue weighted by Crippen LogP contribution is 2.13. The van der Waals surface area contributed by atoms with Crippen LogP contribution in [0.2, 0.25) is 0 Å². The fourth-order valence-corrected chi connectivity index (χ4v) is 1.89. The lowest BCUT2D eigenvalue weighted by atomic mass is 10.1. The molecule has 0 aromatic carbocycles.